The molecule has 2 atom stereocenters. The van der Waals surface area contributed by atoms with Gasteiger partial charge in [0.2, 0.25) is 0 Å². The van der Waals surface area contributed by atoms with Gasteiger partial charge in [-0.1, -0.05) is 60.7 Å². The van der Waals surface area contributed by atoms with Crippen LogP contribution in [0.3, 0.4) is 0 Å². The Hall–Kier alpha value is -3.71. The van der Waals surface area contributed by atoms with Crippen LogP contribution in [-0.2, 0) is 15.1 Å². The summed E-state index contributed by atoms with van der Waals surface area (Å²) in [4.78, 5) is 32.4. The molecule has 3 aromatic rings. The topological polar surface area (TPSA) is 89.0 Å². The number of amides is 1. The van der Waals surface area contributed by atoms with Crippen molar-refractivity contribution in [3.63, 3.8) is 0 Å². The second-order valence-corrected chi connectivity index (χ2v) is 10.1. The second-order valence-electron chi connectivity index (χ2n) is 10.1. The predicted molar refractivity (Wildman–Crippen MR) is 135 cm³/mol. The molecule has 1 fully saturated rings. The van der Waals surface area contributed by atoms with E-state index in [0.29, 0.717) is 16.9 Å². The third-order valence-electron chi connectivity index (χ3n) is 6.51. The van der Waals surface area contributed by atoms with Crippen molar-refractivity contribution in [3.05, 3.63) is 95.8 Å². The number of ether oxygens (including phenoxy) is 2. The smallest absolute Gasteiger partial charge is 0.311 e. The van der Waals surface area contributed by atoms with E-state index in [1.807, 2.05) is 60.7 Å². The fraction of sp³-hybridized carbons (Fsp3) is 0.345. The largest absolute Gasteiger partial charge is 0.497 e. The number of carbonyl (C=O) groups is 2. The number of hydrogen-bond acceptors (Lipinski definition) is 6. The molecule has 0 spiro atoms. The number of likely N-dealkylation sites (tertiary alicyclic amines) is 1. The molecule has 1 aromatic heterocycles. The highest BCUT2D eigenvalue weighted by molar-refractivity contribution is 5.93. The van der Waals surface area contributed by atoms with E-state index in [0.717, 1.165) is 0 Å². The summed E-state index contributed by atoms with van der Waals surface area (Å²) in [6.07, 6.45) is 1.18. The third kappa shape index (κ3) is 4.97. The van der Waals surface area contributed by atoms with Crippen LogP contribution in [0.2, 0.25) is 0 Å². The fourth-order valence-corrected chi connectivity index (χ4v) is 4.57. The maximum absolute atomic E-state index is 13.8. The molecule has 0 saturated carbocycles. The molecular formula is C29H32N2O5. The van der Waals surface area contributed by atoms with Crippen LogP contribution in [0.5, 0.6) is 5.75 Å². The van der Waals surface area contributed by atoms with Crippen LogP contribution >= 0.6 is 0 Å². The van der Waals surface area contributed by atoms with Gasteiger partial charge in [-0.3, -0.25) is 14.6 Å². The van der Waals surface area contributed by atoms with Crippen LogP contribution in [0.4, 0.5) is 0 Å². The zero-order valence-corrected chi connectivity index (χ0v) is 21.0. The van der Waals surface area contributed by atoms with Crippen molar-refractivity contribution in [2.45, 2.75) is 44.9 Å². The van der Waals surface area contributed by atoms with Gasteiger partial charge in [-0.25, -0.2) is 0 Å². The lowest BCUT2D eigenvalue weighted by atomic mass is 9.78. The minimum Gasteiger partial charge on any atom is -0.497 e. The first-order chi connectivity index (χ1) is 17.1. The molecule has 0 radical (unpaired) electrons. The van der Waals surface area contributed by atoms with Gasteiger partial charge in [-0.15, -0.1) is 0 Å². The van der Waals surface area contributed by atoms with Gasteiger partial charge in [-0.2, -0.15) is 0 Å². The Balaban J connectivity index is 1.80. The minimum atomic E-state index is -1.56. The molecular weight excluding hydrogens is 456 g/mol. The fourth-order valence-electron chi connectivity index (χ4n) is 4.57. The summed E-state index contributed by atoms with van der Waals surface area (Å²) >= 11 is 0. The summed E-state index contributed by atoms with van der Waals surface area (Å²) < 4.78 is 11.1. The quantitative estimate of drug-likeness (QED) is 0.523. The van der Waals surface area contributed by atoms with Crippen molar-refractivity contribution < 1.29 is 24.2 Å². The van der Waals surface area contributed by atoms with Gasteiger partial charge < -0.3 is 19.5 Å². The Morgan fingerprint density at radius 2 is 1.56 bits per heavy atom. The number of rotatable bonds is 6. The zero-order chi connectivity index (χ0) is 25.9. The van der Waals surface area contributed by atoms with Crippen LogP contribution in [0.1, 0.15) is 48.8 Å². The first-order valence-electron chi connectivity index (χ1n) is 12.0. The average molecular weight is 489 g/mol. The highest BCUT2D eigenvalue weighted by Gasteiger charge is 2.51. The molecule has 4 rings (SSSR count). The number of benzene rings is 2. The molecule has 0 aliphatic carbocycles. The van der Waals surface area contributed by atoms with E-state index in [9.17, 15) is 14.7 Å². The van der Waals surface area contributed by atoms with E-state index in [-0.39, 0.29) is 30.5 Å². The minimum absolute atomic E-state index is 0.131. The van der Waals surface area contributed by atoms with E-state index in [1.165, 1.54) is 13.3 Å². The number of methoxy groups -OCH3 is 1. The lowest BCUT2D eigenvalue weighted by Crippen LogP contribution is -2.50. The number of aromatic nitrogens is 1. The summed E-state index contributed by atoms with van der Waals surface area (Å²) in [6, 6.07) is 21.0. The Morgan fingerprint density at radius 1 is 0.972 bits per heavy atom. The average Bonchev–Trinajstić information content (AvgIpc) is 3.32. The monoisotopic (exact) mass is 488 g/mol. The molecule has 188 valence electrons. The van der Waals surface area contributed by atoms with Crippen LogP contribution in [0.15, 0.2) is 79.0 Å². The SMILES string of the molecule is COc1ccnc(C(=O)N2C[C@H](OC(=O)C(C)(C)C)C[C@H]2C(O)(c2ccccc2)c2ccccc2)c1. The first kappa shape index (κ1) is 25.4. The maximum atomic E-state index is 13.8. The van der Waals surface area contributed by atoms with Crippen molar-refractivity contribution >= 4 is 11.9 Å². The van der Waals surface area contributed by atoms with Gasteiger partial charge in [0.15, 0.2) is 0 Å². The molecule has 0 bridgehead atoms. The van der Waals surface area contributed by atoms with Gasteiger partial charge in [0, 0.05) is 18.7 Å². The van der Waals surface area contributed by atoms with Gasteiger partial charge in [0.1, 0.15) is 23.1 Å². The molecule has 1 aliphatic heterocycles. The number of nitrogens with zero attached hydrogens (tertiary/aromatic N) is 2. The number of esters is 1. The van der Waals surface area contributed by atoms with Gasteiger partial charge >= 0.3 is 5.97 Å². The normalized spacial score (nSPS) is 18.1. The van der Waals surface area contributed by atoms with Crippen molar-refractivity contribution in [3.8, 4) is 5.75 Å². The Morgan fingerprint density at radius 3 is 2.08 bits per heavy atom. The highest BCUT2D eigenvalue weighted by atomic mass is 16.5. The van der Waals surface area contributed by atoms with Crippen molar-refractivity contribution in [1.82, 2.24) is 9.88 Å². The van der Waals surface area contributed by atoms with Crippen LogP contribution in [-0.4, -0.2) is 52.7 Å². The van der Waals surface area contributed by atoms with Crippen LogP contribution in [0.25, 0.3) is 0 Å². The second kappa shape index (κ2) is 10.1. The number of aliphatic hydroxyl groups is 1. The maximum Gasteiger partial charge on any atom is 0.311 e. The Labute approximate surface area is 211 Å². The Kier molecular flexibility index (Phi) is 7.13. The van der Waals surface area contributed by atoms with E-state index in [2.05, 4.69) is 4.98 Å². The molecule has 2 heterocycles. The molecule has 7 heteroatoms. The van der Waals surface area contributed by atoms with E-state index in [4.69, 9.17) is 9.47 Å². The molecule has 1 N–H and O–H groups in total. The molecule has 0 unspecified atom stereocenters. The Bertz CT molecular complexity index is 1170. The lowest BCUT2D eigenvalue weighted by Gasteiger charge is -2.39. The molecule has 1 aliphatic rings. The standard InChI is InChI=1S/C29H32N2O5/c1-28(2,3)27(33)36-23-18-25(31(19-23)26(32)24-17-22(35-4)15-16-30-24)29(34,20-11-7-5-8-12-20)21-13-9-6-10-14-21/h5-17,23,25,34H,18-19H2,1-4H3/t23-,25+/m1/s1. The van der Waals surface area contributed by atoms with Gasteiger partial charge in [0.05, 0.1) is 25.1 Å². The van der Waals surface area contributed by atoms with E-state index < -0.39 is 23.2 Å². The molecule has 1 amide bonds. The molecule has 36 heavy (non-hydrogen) atoms. The predicted octanol–water partition coefficient (Wildman–Crippen LogP) is 4.20. The summed E-state index contributed by atoms with van der Waals surface area (Å²) in [5.74, 6) is -0.234. The number of pyridine rings is 1. The van der Waals surface area contributed by atoms with Gasteiger partial charge in [-0.05, 0) is 38.0 Å². The molecule has 1 saturated heterocycles. The van der Waals surface area contributed by atoms with Crippen molar-refractivity contribution in [1.29, 1.82) is 0 Å². The molecule has 2 aromatic carbocycles. The first-order valence-corrected chi connectivity index (χ1v) is 12.0. The van der Waals surface area contributed by atoms with E-state index >= 15 is 0 Å². The van der Waals surface area contributed by atoms with Crippen molar-refractivity contribution in [2.24, 2.45) is 5.41 Å². The number of carbonyl (C=O) groups excluding carboxylic acids is 2. The van der Waals surface area contributed by atoms with Crippen LogP contribution in [0, 0.1) is 5.41 Å². The highest BCUT2D eigenvalue weighted by Crippen LogP contribution is 2.42. The molecule has 7 nitrogen and oxygen atoms in total. The summed E-state index contributed by atoms with van der Waals surface area (Å²) in [5.41, 5.74) is -0.789. The van der Waals surface area contributed by atoms with Crippen LogP contribution < -0.4 is 4.74 Å². The summed E-state index contributed by atoms with van der Waals surface area (Å²) in [6.45, 7) is 5.49. The van der Waals surface area contributed by atoms with Gasteiger partial charge in [0.25, 0.3) is 5.91 Å². The van der Waals surface area contributed by atoms with E-state index in [1.54, 1.807) is 37.8 Å². The lowest BCUT2D eigenvalue weighted by molar-refractivity contribution is -0.158. The zero-order valence-electron chi connectivity index (χ0n) is 21.0. The summed E-state index contributed by atoms with van der Waals surface area (Å²) in [7, 11) is 1.52. The third-order valence-corrected chi connectivity index (χ3v) is 6.51. The summed E-state index contributed by atoms with van der Waals surface area (Å²) in [5, 5.41) is 12.5. The number of hydrogen-bond donors (Lipinski definition) is 1. The van der Waals surface area contributed by atoms with Crippen molar-refractivity contribution in [2.75, 3.05) is 13.7 Å².